The van der Waals surface area contributed by atoms with Crippen LogP contribution in [0, 0.1) is 35.4 Å². The van der Waals surface area contributed by atoms with Crippen molar-refractivity contribution in [1.29, 1.82) is 0 Å². The second-order valence-corrected chi connectivity index (χ2v) is 12.9. The first-order valence-corrected chi connectivity index (χ1v) is 16.9. The van der Waals surface area contributed by atoms with Crippen molar-refractivity contribution in [3.8, 4) is 11.4 Å². The number of allylic oxidation sites excluding steroid dienone is 4. The number of hydrogen-bond donors (Lipinski definition) is 0. The van der Waals surface area contributed by atoms with Gasteiger partial charge in [-0.25, -0.2) is 41.8 Å². The molecular weight excluding hydrogens is 704 g/mol. The SMILES string of the molecule is CC(C)=Cc1ccc(C=C(C)C)n1-c1ccc(F)[c-]c1F.CC(C)=Cc1ccc(C=C(C)C)n1-c1ccc(F)[c-]c1F.[Ti+4].c1cc[cH-]c1.c1cc[cH-]c1. The molecule has 0 spiro atoms. The number of nitrogens with zero attached hydrogens (tertiary/aromatic N) is 2. The Labute approximate surface area is 327 Å². The van der Waals surface area contributed by atoms with Crippen molar-refractivity contribution in [1.82, 2.24) is 9.13 Å². The first kappa shape index (κ1) is 44.3. The van der Waals surface area contributed by atoms with Gasteiger partial charge in [-0.15, -0.1) is 36.4 Å². The molecule has 7 heteroatoms. The van der Waals surface area contributed by atoms with Crippen LogP contribution in [0.1, 0.15) is 78.2 Å². The number of halogens is 4. The van der Waals surface area contributed by atoms with Gasteiger partial charge in [0.15, 0.2) is 0 Å². The molecule has 6 rings (SSSR count). The van der Waals surface area contributed by atoms with Crippen LogP contribution in [0.25, 0.3) is 35.7 Å². The van der Waals surface area contributed by atoms with E-state index in [9.17, 15) is 17.6 Å². The Morgan fingerprint density at radius 1 is 0.453 bits per heavy atom. The quantitative estimate of drug-likeness (QED) is 0.0911. The molecule has 0 aliphatic carbocycles. The smallest absolute Gasteiger partial charge is 0.363 e. The van der Waals surface area contributed by atoms with Crippen LogP contribution in [0.3, 0.4) is 0 Å². The molecule has 0 unspecified atom stereocenters. The van der Waals surface area contributed by atoms with E-state index in [0.29, 0.717) is 11.4 Å². The predicted molar refractivity (Wildman–Crippen MR) is 210 cm³/mol. The predicted octanol–water partition coefficient (Wildman–Crippen LogP) is 13.6. The molecule has 0 saturated carbocycles. The summed E-state index contributed by atoms with van der Waals surface area (Å²) in [6, 6.07) is 37.2. The second-order valence-electron chi connectivity index (χ2n) is 12.9. The van der Waals surface area contributed by atoms with E-state index in [1.807, 2.05) is 165 Å². The van der Waals surface area contributed by atoms with E-state index in [4.69, 9.17) is 0 Å². The maximum absolute atomic E-state index is 14.1. The van der Waals surface area contributed by atoms with Gasteiger partial charge in [0.05, 0.1) is 0 Å². The third-order valence-electron chi connectivity index (χ3n) is 6.90. The fraction of sp³-hybridized carbons (Fsp3) is 0.174. The van der Waals surface area contributed by atoms with E-state index in [2.05, 4.69) is 12.1 Å². The first-order valence-electron chi connectivity index (χ1n) is 16.9. The third kappa shape index (κ3) is 14.6. The molecule has 53 heavy (non-hydrogen) atoms. The van der Waals surface area contributed by atoms with E-state index in [-0.39, 0.29) is 21.7 Å². The monoisotopic (exact) mass is 750 g/mol. The van der Waals surface area contributed by atoms with E-state index >= 15 is 0 Å². The van der Waals surface area contributed by atoms with Gasteiger partial charge in [0.2, 0.25) is 0 Å². The van der Waals surface area contributed by atoms with Gasteiger partial charge in [-0.05, 0) is 115 Å². The van der Waals surface area contributed by atoms with Gasteiger partial charge in [0, 0.05) is 46.0 Å². The summed E-state index contributed by atoms with van der Waals surface area (Å²) in [6.07, 6.45) is 7.85. The van der Waals surface area contributed by atoms with Crippen LogP contribution in [-0.2, 0) is 21.7 Å². The molecule has 0 fully saturated rings. The Morgan fingerprint density at radius 3 is 0.906 bits per heavy atom. The molecule has 2 nitrogen and oxygen atoms in total. The fourth-order valence-electron chi connectivity index (χ4n) is 4.99. The summed E-state index contributed by atoms with van der Waals surface area (Å²) in [6.45, 7) is 15.8. The van der Waals surface area contributed by atoms with E-state index in [1.165, 1.54) is 24.3 Å². The average Bonchev–Trinajstić information content (AvgIpc) is 3.89. The maximum atomic E-state index is 14.1. The normalized spacial score (nSPS) is 9.74. The Morgan fingerprint density at radius 2 is 0.717 bits per heavy atom. The van der Waals surface area contributed by atoms with Gasteiger partial charge in [-0.2, -0.15) is 36.4 Å². The number of benzene rings is 2. The zero-order valence-electron chi connectivity index (χ0n) is 31.6. The van der Waals surface area contributed by atoms with Gasteiger partial charge in [0.1, 0.15) is 0 Å². The van der Waals surface area contributed by atoms with Crippen LogP contribution >= 0.6 is 0 Å². The summed E-state index contributed by atoms with van der Waals surface area (Å²) in [5.74, 6) is -2.79. The van der Waals surface area contributed by atoms with Crippen LogP contribution in [0.5, 0.6) is 0 Å². The summed E-state index contributed by atoms with van der Waals surface area (Å²) >= 11 is 0. The van der Waals surface area contributed by atoms with Crippen molar-refractivity contribution >= 4 is 24.3 Å². The molecule has 0 aliphatic heterocycles. The third-order valence-corrected chi connectivity index (χ3v) is 6.90. The van der Waals surface area contributed by atoms with Crippen molar-refractivity contribution in [2.45, 2.75) is 55.4 Å². The van der Waals surface area contributed by atoms with Crippen LogP contribution in [-0.4, -0.2) is 9.13 Å². The summed E-state index contributed by atoms with van der Waals surface area (Å²) in [5, 5.41) is 0. The molecule has 2 aromatic heterocycles. The molecule has 0 radical (unpaired) electrons. The number of hydrogen-bond acceptors (Lipinski definition) is 0. The summed E-state index contributed by atoms with van der Waals surface area (Å²) < 4.78 is 57.9. The Hall–Kier alpha value is -4.91. The van der Waals surface area contributed by atoms with E-state index in [0.717, 1.165) is 45.1 Å². The van der Waals surface area contributed by atoms with Crippen molar-refractivity contribution in [2.24, 2.45) is 0 Å². The molecule has 2 heterocycles. The van der Waals surface area contributed by atoms with Crippen LogP contribution in [0.15, 0.2) is 131 Å². The second kappa shape index (κ2) is 22.2. The van der Waals surface area contributed by atoms with E-state index in [1.54, 1.807) is 9.13 Å². The summed E-state index contributed by atoms with van der Waals surface area (Å²) in [5.41, 5.74) is 8.39. The summed E-state index contributed by atoms with van der Waals surface area (Å²) in [4.78, 5) is 0. The fourth-order valence-corrected chi connectivity index (χ4v) is 4.99. The summed E-state index contributed by atoms with van der Waals surface area (Å²) in [7, 11) is 0. The van der Waals surface area contributed by atoms with Crippen LogP contribution in [0.4, 0.5) is 17.6 Å². The van der Waals surface area contributed by atoms with Crippen LogP contribution < -0.4 is 0 Å². The Balaban J connectivity index is 0.000000285. The van der Waals surface area contributed by atoms with Gasteiger partial charge in [0.25, 0.3) is 0 Å². The van der Waals surface area contributed by atoms with Crippen molar-refractivity contribution in [2.75, 3.05) is 0 Å². The van der Waals surface area contributed by atoms with Gasteiger partial charge in [-0.1, -0.05) is 22.3 Å². The molecule has 0 saturated heterocycles. The van der Waals surface area contributed by atoms with Crippen molar-refractivity contribution in [3.63, 3.8) is 0 Å². The standard InChI is InChI=1S/2C18H18F2N.2C5H5.Ti/c2*1-12(2)9-15-6-7-16(10-13(3)4)21(15)18-8-5-14(19)11-17(18)20;2*1-2-4-5-3-1;/h2*5-10H,1-4H3;2*1-5H;/q4*-1;+4. The van der Waals surface area contributed by atoms with Crippen LogP contribution in [0.2, 0.25) is 0 Å². The van der Waals surface area contributed by atoms with Crippen molar-refractivity contribution in [3.05, 3.63) is 190 Å². The molecular formula is C46H46F4N2Ti. The largest absolute Gasteiger partial charge is 4.00 e. The molecule has 0 amide bonds. The molecule has 0 aliphatic rings. The van der Waals surface area contributed by atoms with Gasteiger partial charge < -0.3 is 9.13 Å². The first-order chi connectivity index (χ1) is 24.8. The van der Waals surface area contributed by atoms with Crippen molar-refractivity contribution < 1.29 is 39.3 Å². The average molecular weight is 751 g/mol. The van der Waals surface area contributed by atoms with E-state index < -0.39 is 23.3 Å². The number of rotatable bonds is 6. The van der Waals surface area contributed by atoms with Gasteiger partial charge in [-0.3, -0.25) is 0 Å². The minimum absolute atomic E-state index is 0. The molecule has 0 atom stereocenters. The minimum Gasteiger partial charge on any atom is -0.363 e. The van der Waals surface area contributed by atoms with Gasteiger partial charge >= 0.3 is 21.7 Å². The minimum atomic E-state index is -0.698. The Bertz CT molecular complexity index is 1830. The zero-order chi connectivity index (χ0) is 38.2. The molecule has 0 bridgehead atoms. The maximum Gasteiger partial charge on any atom is 4.00 e. The molecule has 272 valence electrons. The topological polar surface area (TPSA) is 9.86 Å². The molecule has 6 aromatic rings. The Kier molecular flexibility index (Phi) is 18.6. The zero-order valence-corrected chi connectivity index (χ0v) is 33.2. The molecule has 0 N–H and O–H groups in total. The number of aromatic nitrogens is 2. The molecule has 4 aromatic carbocycles.